The summed E-state index contributed by atoms with van der Waals surface area (Å²) in [5, 5.41) is 6.39. The van der Waals surface area contributed by atoms with Crippen LogP contribution in [0, 0.1) is 0 Å². The Morgan fingerprint density at radius 1 is 1.40 bits per heavy atom. The molecule has 0 heterocycles. The quantitative estimate of drug-likeness (QED) is 0.721. The highest BCUT2D eigenvalue weighted by Gasteiger charge is 2.15. The van der Waals surface area contributed by atoms with Crippen LogP contribution in [0.25, 0.3) is 0 Å². The summed E-state index contributed by atoms with van der Waals surface area (Å²) in [6.07, 6.45) is 1.05. The molecule has 2 amide bonds. The van der Waals surface area contributed by atoms with Gasteiger partial charge in [-0.25, -0.2) is 0 Å². The van der Waals surface area contributed by atoms with E-state index >= 15 is 0 Å². The summed E-state index contributed by atoms with van der Waals surface area (Å²) in [4.78, 5) is 23.0. The Balaban J connectivity index is 2.84. The molecule has 0 aliphatic rings. The molecule has 1 rings (SSSR count). The van der Waals surface area contributed by atoms with Gasteiger partial charge in [-0.05, 0) is 31.5 Å². The van der Waals surface area contributed by atoms with Crippen LogP contribution >= 0.6 is 11.6 Å². The molecule has 1 atom stereocenters. The Bertz CT molecular complexity index is 491. The number of carbonyl (C=O) groups is 2. The highest BCUT2D eigenvalue weighted by Crippen LogP contribution is 2.21. The Hall–Kier alpha value is -1.75. The fourth-order valence-electron chi connectivity index (χ4n) is 1.77. The summed E-state index contributed by atoms with van der Waals surface area (Å²) in [5.41, 5.74) is 6.29. The van der Waals surface area contributed by atoms with Gasteiger partial charge in [0.1, 0.15) is 0 Å². The summed E-state index contributed by atoms with van der Waals surface area (Å²) in [6, 6.07) is 4.78. The molecule has 1 aromatic rings. The van der Waals surface area contributed by atoms with Crippen LogP contribution in [0.3, 0.4) is 0 Å². The number of rotatable bonds is 7. The average Bonchev–Trinajstić information content (AvgIpc) is 2.36. The number of primary amides is 1. The second kappa shape index (κ2) is 7.75. The zero-order valence-corrected chi connectivity index (χ0v) is 12.5. The second-order valence-electron chi connectivity index (χ2n) is 4.66. The molecule has 1 aromatic carbocycles. The van der Waals surface area contributed by atoms with Crippen molar-refractivity contribution in [3.8, 4) is 0 Å². The number of carbonyl (C=O) groups excluding carboxylic acids is 2. The lowest BCUT2D eigenvalue weighted by molar-refractivity contribution is -0.118. The Labute approximate surface area is 123 Å². The minimum Gasteiger partial charge on any atom is -0.384 e. The summed E-state index contributed by atoms with van der Waals surface area (Å²) < 4.78 is 0. The maximum Gasteiger partial charge on any atom is 0.253 e. The van der Waals surface area contributed by atoms with Gasteiger partial charge in [0.2, 0.25) is 5.91 Å². The van der Waals surface area contributed by atoms with Crippen LogP contribution in [0.15, 0.2) is 18.2 Å². The lowest BCUT2D eigenvalue weighted by Crippen LogP contribution is -2.36. The van der Waals surface area contributed by atoms with Crippen molar-refractivity contribution in [2.24, 2.45) is 5.73 Å². The van der Waals surface area contributed by atoms with Crippen molar-refractivity contribution in [1.82, 2.24) is 5.32 Å². The van der Waals surface area contributed by atoms with E-state index in [-0.39, 0.29) is 18.4 Å². The molecule has 0 fully saturated rings. The van der Waals surface area contributed by atoms with Crippen molar-refractivity contribution in [2.75, 3.05) is 11.9 Å². The van der Waals surface area contributed by atoms with E-state index < -0.39 is 5.91 Å². The van der Waals surface area contributed by atoms with Crippen LogP contribution in [-0.2, 0) is 4.79 Å². The third-order valence-corrected chi connectivity index (χ3v) is 2.91. The van der Waals surface area contributed by atoms with E-state index in [4.69, 9.17) is 17.3 Å². The van der Waals surface area contributed by atoms with Crippen LogP contribution in [0.5, 0.6) is 0 Å². The largest absolute Gasteiger partial charge is 0.384 e. The summed E-state index contributed by atoms with van der Waals surface area (Å²) in [7, 11) is 0. The minimum atomic E-state index is -0.451. The van der Waals surface area contributed by atoms with E-state index in [0.29, 0.717) is 10.6 Å². The van der Waals surface area contributed by atoms with Gasteiger partial charge in [0, 0.05) is 29.7 Å². The number of hydrogen-bond acceptors (Lipinski definition) is 3. The Morgan fingerprint density at radius 3 is 2.70 bits per heavy atom. The van der Waals surface area contributed by atoms with Gasteiger partial charge in [0.25, 0.3) is 5.91 Å². The number of anilines is 1. The zero-order valence-electron chi connectivity index (χ0n) is 11.7. The smallest absolute Gasteiger partial charge is 0.253 e. The number of halogens is 1. The molecule has 0 aromatic heterocycles. The summed E-state index contributed by atoms with van der Waals surface area (Å²) in [5.74, 6) is -0.729. The van der Waals surface area contributed by atoms with Crippen LogP contribution in [0.2, 0.25) is 5.02 Å². The van der Waals surface area contributed by atoms with E-state index in [1.165, 1.54) is 0 Å². The van der Waals surface area contributed by atoms with Crippen molar-refractivity contribution in [2.45, 2.75) is 32.7 Å². The number of hydrogen-bond donors (Lipinski definition) is 3. The van der Waals surface area contributed by atoms with Gasteiger partial charge in [0.15, 0.2) is 0 Å². The topological polar surface area (TPSA) is 84.2 Å². The molecule has 20 heavy (non-hydrogen) atoms. The zero-order chi connectivity index (χ0) is 15.1. The van der Waals surface area contributed by atoms with Crippen LogP contribution in [-0.4, -0.2) is 24.4 Å². The van der Waals surface area contributed by atoms with Gasteiger partial charge in [-0.15, -0.1) is 0 Å². The predicted molar refractivity (Wildman–Crippen MR) is 81.0 cm³/mol. The number of amides is 2. The standard InChI is InChI=1S/C14H20ClN3O2/c1-3-6-17-12-5-4-10(15)8-11(12)14(20)18-9(2)7-13(16)19/h4-5,8-9,17H,3,6-7H2,1-2H3,(H2,16,19)(H,18,20). The molecule has 0 radical (unpaired) electrons. The number of nitrogens with two attached hydrogens (primary N) is 1. The highest BCUT2D eigenvalue weighted by molar-refractivity contribution is 6.31. The van der Waals surface area contributed by atoms with Gasteiger partial charge in [-0.3, -0.25) is 9.59 Å². The van der Waals surface area contributed by atoms with E-state index in [2.05, 4.69) is 10.6 Å². The average molecular weight is 298 g/mol. The molecule has 5 nitrogen and oxygen atoms in total. The molecule has 0 saturated heterocycles. The van der Waals surface area contributed by atoms with Crippen molar-refractivity contribution < 1.29 is 9.59 Å². The first kappa shape index (κ1) is 16.3. The first-order valence-corrected chi connectivity index (χ1v) is 6.94. The summed E-state index contributed by atoms with van der Waals surface area (Å²) >= 11 is 5.93. The Morgan fingerprint density at radius 2 is 2.10 bits per heavy atom. The van der Waals surface area contributed by atoms with Crippen molar-refractivity contribution in [3.05, 3.63) is 28.8 Å². The molecule has 0 saturated carbocycles. The molecular formula is C14H20ClN3O2. The molecule has 0 spiro atoms. The minimum absolute atomic E-state index is 0.101. The maximum absolute atomic E-state index is 12.2. The fourth-order valence-corrected chi connectivity index (χ4v) is 1.94. The molecule has 0 aliphatic heterocycles. The van der Waals surface area contributed by atoms with Crippen molar-refractivity contribution >= 4 is 29.1 Å². The van der Waals surface area contributed by atoms with Crippen LogP contribution < -0.4 is 16.4 Å². The van der Waals surface area contributed by atoms with Gasteiger partial charge >= 0.3 is 0 Å². The lowest BCUT2D eigenvalue weighted by atomic mass is 10.1. The van der Waals surface area contributed by atoms with Crippen molar-refractivity contribution in [3.63, 3.8) is 0 Å². The second-order valence-corrected chi connectivity index (χ2v) is 5.10. The van der Waals surface area contributed by atoms with Gasteiger partial charge in [-0.2, -0.15) is 0 Å². The molecule has 110 valence electrons. The number of nitrogens with one attached hydrogen (secondary N) is 2. The maximum atomic E-state index is 12.2. The molecule has 6 heteroatoms. The van der Waals surface area contributed by atoms with Gasteiger partial charge < -0.3 is 16.4 Å². The van der Waals surface area contributed by atoms with Gasteiger partial charge in [0.05, 0.1) is 5.56 Å². The molecule has 0 bridgehead atoms. The number of benzene rings is 1. The van der Waals surface area contributed by atoms with Crippen LogP contribution in [0.1, 0.15) is 37.0 Å². The van der Waals surface area contributed by atoms with E-state index in [1.807, 2.05) is 6.92 Å². The fraction of sp³-hybridized carbons (Fsp3) is 0.429. The first-order chi connectivity index (χ1) is 9.43. The first-order valence-electron chi connectivity index (χ1n) is 6.56. The third-order valence-electron chi connectivity index (χ3n) is 2.68. The normalized spacial score (nSPS) is 11.8. The Kier molecular flexibility index (Phi) is 6.31. The molecule has 1 unspecified atom stereocenters. The van der Waals surface area contributed by atoms with Gasteiger partial charge in [-0.1, -0.05) is 18.5 Å². The highest BCUT2D eigenvalue weighted by atomic mass is 35.5. The van der Waals surface area contributed by atoms with E-state index in [9.17, 15) is 9.59 Å². The SMILES string of the molecule is CCCNc1ccc(Cl)cc1C(=O)NC(C)CC(N)=O. The monoisotopic (exact) mass is 297 g/mol. The van der Waals surface area contributed by atoms with Crippen LogP contribution in [0.4, 0.5) is 5.69 Å². The molecular weight excluding hydrogens is 278 g/mol. The predicted octanol–water partition coefficient (Wildman–Crippen LogP) is 2.16. The van der Waals surface area contributed by atoms with E-state index in [1.54, 1.807) is 25.1 Å². The molecule has 4 N–H and O–H groups in total. The third kappa shape index (κ3) is 5.09. The van der Waals surface area contributed by atoms with Crippen molar-refractivity contribution in [1.29, 1.82) is 0 Å². The molecule has 0 aliphatic carbocycles. The lowest BCUT2D eigenvalue weighted by Gasteiger charge is -2.15. The van der Waals surface area contributed by atoms with E-state index in [0.717, 1.165) is 18.7 Å². The summed E-state index contributed by atoms with van der Waals surface area (Å²) in [6.45, 7) is 4.53.